The van der Waals surface area contributed by atoms with E-state index >= 15 is 0 Å². The van der Waals surface area contributed by atoms with Crippen molar-refractivity contribution in [3.8, 4) is 0 Å². The molecule has 3 rings (SSSR count). The quantitative estimate of drug-likeness (QED) is 0.750. The molecule has 0 saturated carbocycles. The van der Waals surface area contributed by atoms with E-state index in [0.29, 0.717) is 0 Å². The van der Waals surface area contributed by atoms with Crippen LogP contribution < -0.4 is 5.32 Å². The fourth-order valence-corrected chi connectivity index (χ4v) is 5.05. The molecule has 1 amide bonds. The summed E-state index contributed by atoms with van der Waals surface area (Å²) in [5, 5.41) is 3.19. The maximum Gasteiger partial charge on any atom is 0.261 e. The first kappa shape index (κ1) is 20.7. The van der Waals surface area contributed by atoms with Crippen molar-refractivity contribution in [2.24, 2.45) is 0 Å². The zero-order valence-corrected chi connectivity index (χ0v) is 18.3. The third kappa shape index (κ3) is 4.53. The monoisotopic (exact) mass is 398 g/mol. The van der Waals surface area contributed by atoms with Gasteiger partial charge in [-0.05, 0) is 81.8 Å². The van der Waals surface area contributed by atoms with Crippen LogP contribution in [0.5, 0.6) is 0 Å². The Balaban J connectivity index is 1.61. The molecule has 0 spiro atoms. The molecule has 5 heteroatoms. The van der Waals surface area contributed by atoms with Gasteiger partial charge in [-0.2, -0.15) is 0 Å². The average molecular weight is 399 g/mol. The highest BCUT2D eigenvalue weighted by Gasteiger charge is 2.23. The standard InChI is InChI=1S/C23H30N2O2S/c1-14-12-15(2)22(18(5)26)17(4)20(14)13-25-10-8-19(9-11-25)24-23(27)21-7-6-16(3)28-21/h6-7,12,19H,8-11,13H2,1-5H3,(H,24,27). The number of carbonyl (C=O) groups excluding carboxylic acids is 2. The first-order chi connectivity index (χ1) is 13.3. The Morgan fingerprint density at radius 1 is 1.11 bits per heavy atom. The Morgan fingerprint density at radius 3 is 2.36 bits per heavy atom. The molecule has 2 aromatic rings. The Bertz CT molecular complexity index is 892. The van der Waals surface area contributed by atoms with Gasteiger partial charge in [-0.3, -0.25) is 14.5 Å². The summed E-state index contributed by atoms with van der Waals surface area (Å²) in [5.41, 5.74) is 5.58. The van der Waals surface area contributed by atoms with Crippen molar-refractivity contribution in [3.63, 3.8) is 0 Å². The number of likely N-dealkylation sites (tertiary alicyclic amines) is 1. The predicted octanol–water partition coefficient (Wildman–Crippen LogP) is 4.58. The predicted molar refractivity (Wildman–Crippen MR) is 115 cm³/mol. The van der Waals surface area contributed by atoms with Gasteiger partial charge in [0.1, 0.15) is 0 Å². The Morgan fingerprint density at radius 2 is 1.79 bits per heavy atom. The second-order valence-electron chi connectivity index (χ2n) is 7.98. The van der Waals surface area contributed by atoms with Crippen molar-refractivity contribution >= 4 is 23.0 Å². The summed E-state index contributed by atoms with van der Waals surface area (Å²) in [5.74, 6) is 0.189. The summed E-state index contributed by atoms with van der Waals surface area (Å²) in [6.45, 7) is 12.7. The zero-order chi connectivity index (χ0) is 20.4. The Kier molecular flexibility index (Phi) is 6.36. The highest BCUT2D eigenvalue weighted by atomic mass is 32.1. The smallest absolute Gasteiger partial charge is 0.261 e. The van der Waals surface area contributed by atoms with Crippen molar-refractivity contribution in [1.82, 2.24) is 10.2 Å². The molecule has 0 atom stereocenters. The van der Waals surface area contributed by atoms with E-state index in [2.05, 4.69) is 30.1 Å². The molecule has 1 aliphatic rings. The average Bonchev–Trinajstić information content (AvgIpc) is 3.06. The van der Waals surface area contributed by atoms with Crippen molar-refractivity contribution < 1.29 is 9.59 Å². The number of ketones is 1. The van der Waals surface area contributed by atoms with Crippen LogP contribution in [0.4, 0.5) is 0 Å². The maximum atomic E-state index is 12.4. The number of benzene rings is 1. The lowest BCUT2D eigenvalue weighted by molar-refractivity contribution is 0.0912. The molecule has 0 unspecified atom stereocenters. The van der Waals surface area contributed by atoms with E-state index in [1.54, 1.807) is 18.3 Å². The molecule has 150 valence electrons. The molecule has 1 N–H and O–H groups in total. The number of nitrogens with one attached hydrogen (secondary N) is 1. The summed E-state index contributed by atoms with van der Waals surface area (Å²) >= 11 is 1.54. The van der Waals surface area contributed by atoms with Crippen LogP contribution in [0.25, 0.3) is 0 Å². The summed E-state index contributed by atoms with van der Waals surface area (Å²) < 4.78 is 0. The van der Waals surface area contributed by atoms with Gasteiger partial charge >= 0.3 is 0 Å². The molecule has 1 saturated heterocycles. The minimum atomic E-state index is 0.0490. The van der Waals surface area contributed by atoms with Crippen LogP contribution in [0, 0.1) is 27.7 Å². The number of carbonyl (C=O) groups is 2. The third-order valence-electron chi connectivity index (χ3n) is 5.75. The van der Waals surface area contributed by atoms with E-state index in [-0.39, 0.29) is 17.7 Å². The number of Topliss-reactive ketones (excluding diaryl/α,β-unsaturated/α-hetero) is 1. The summed E-state index contributed by atoms with van der Waals surface area (Å²) in [6, 6.07) is 6.26. The SMILES string of the molecule is CC(=O)c1c(C)cc(C)c(CN2CCC(NC(=O)c3ccc(C)s3)CC2)c1C. The lowest BCUT2D eigenvalue weighted by Gasteiger charge is -2.33. The van der Waals surface area contributed by atoms with Gasteiger partial charge < -0.3 is 5.32 Å². The highest BCUT2D eigenvalue weighted by Crippen LogP contribution is 2.25. The fourth-order valence-electron chi connectivity index (χ4n) is 4.28. The number of thiophene rings is 1. The van der Waals surface area contributed by atoms with Gasteiger partial charge in [-0.1, -0.05) is 6.07 Å². The van der Waals surface area contributed by atoms with E-state index in [9.17, 15) is 9.59 Å². The molecule has 0 bridgehead atoms. The number of piperidine rings is 1. The van der Waals surface area contributed by atoms with Crippen molar-refractivity contribution in [1.29, 1.82) is 0 Å². The zero-order valence-electron chi connectivity index (χ0n) is 17.5. The Hall–Kier alpha value is -1.98. The molecule has 0 radical (unpaired) electrons. The van der Waals surface area contributed by atoms with Crippen molar-refractivity contribution in [2.75, 3.05) is 13.1 Å². The highest BCUT2D eigenvalue weighted by molar-refractivity contribution is 7.13. The molecule has 1 aliphatic heterocycles. The van der Waals surface area contributed by atoms with Gasteiger partial charge in [0, 0.05) is 36.1 Å². The summed E-state index contributed by atoms with van der Waals surface area (Å²) in [6.07, 6.45) is 1.92. The van der Waals surface area contributed by atoms with Gasteiger partial charge in [0.2, 0.25) is 0 Å². The largest absolute Gasteiger partial charge is 0.349 e. The molecule has 1 fully saturated rings. The number of nitrogens with zero attached hydrogens (tertiary/aromatic N) is 1. The molecule has 28 heavy (non-hydrogen) atoms. The van der Waals surface area contributed by atoms with Crippen LogP contribution in [0.1, 0.15) is 66.9 Å². The number of hydrogen-bond donors (Lipinski definition) is 1. The molecular weight excluding hydrogens is 368 g/mol. The van der Waals surface area contributed by atoms with Gasteiger partial charge in [-0.25, -0.2) is 0 Å². The van der Waals surface area contributed by atoms with Crippen LogP contribution in [0.3, 0.4) is 0 Å². The first-order valence-electron chi connectivity index (χ1n) is 9.96. The molecule has 0 aliphatic carbocycles. The second-order valence-corrected chi connectivity index (χ2v) is 9.27. The molecular formula is C23H30N2O2S. The lowest BCUT2D eigenvalue weighted by atomic mass is 9.91. The molecule has 2 heterocycles. The maximum absolute atomic E-state index is 12.4. The van der Waals surface area contributed by atoms with E-state index < -0.39 is 0 Å². The number of hydrogen-bond acceptors (Lipinski definition) is 4. The normalized spacial score (nSPS) is 15.6. The van der Waals surface area contributed by atoms with E-state index in [1.807, 2.05) is 26.0 Å². The number of rotatable bonds is 5. The topological polar surface area (TPSA) is 49.4 Å². The van der Waals surface area contributed by atoms with Crippen LogP contribution in [0.15, 0.2) is 18.2 Å². The van der Waals surface area contributed by atoms with Gasteiger partial charge in [0.25, 0.3) is 5.91 Å². The van der Waals surface area contributed by atoms with Gasteiger partial charge in [0.05, 0.1) is 4.88 Å². The van der Waals surface area contributed by atoms with E-state index in [0.717, 1.165) is 58.9 Å². The van der Waals surface area contributed by atoms with Crippen LogP contribution in [0.2, 0.25) is 0 Å². The molecule has 4 nitrogen and oxygen atoms in total. The summed E-state index contributed by atoms with van der Waals surface area (Å²) in [7, 11) is 0. The second kappa shape index (κ2) is 8.58. The molecule has 1 aromatic carbocycles. The van der Waals surface area contributed by atoms with E-state index in [1.165, 1.54) is 11.1 Å². The number of aryl methyl sites for hydroxylation is 3. The minimum Gasteiger partial charge on any atom is -0.349 e. The lowest BCUT2D eigenvalue weighted by Crippen LogP contribution is -2.44. The van der Waals surface area contributed by atoms with Gasteiger partial charge in [-0.15, -0.1) is 11.3 Å². The fraction of sp³-hybridized carbons (Fsp3) is 0.478. The van der Waals surface area contributed by atoms with Crippen molar-refractivity contribution in [3.05, 3.63) is 55.8 Å². The molecule has 1 aromatic heterocycles. The van der Waals surface area contributed by atoms with E-state index in [4.69, 9.17) is 0 Å². The van der Waals surface area contributed by atoms with Crippen LogP contribution in [-0.4, -0.2) is 35.7 Å². The van der Waals surface area contributed by atoms with Gasteiger partial charge in [0.15, 0.2) is 5.78 Å². The summed E-state index contributed by atoms with van der Waals surface area (Å²) in [4.78, 5) is 28.8. The number of amides is 1. The van der Waals surface area contributed by atoms with Crippen LogP contribution >= 0.6 is 11.3 Å². The third-order valence-corrected chi connectivity index (χ3v) is 6.75. The van der Waals surface area contributed by atoms with Crippen molar-refractivity contribution in [2.45, 2.75) is 60.0 Å². The van der Waals surface area contributed by atoms with Crippen LogP contribution in [-0.2, 0) is 6.54 Å². The Labute approximate surface area is 172 Å². The minimum absolute atomic E-state index is 0.0490. The first-order valence-corrected chi connectivity index (χ1v) is 10.8.